The average molecular weight is 217 g/mol. The van der Waals surface area contributed by atoms with E-state index in [0.29, 0.717) is 5.92 Å². The lowest BCUT2D eigenvalue weighted by Gasteiger charge is -2.14. The van der Waals surface area contributed by atoms with Gasteiger partial charge in [0.25, 0.3) is 0 Å². The van der Waals surface area contributed by atoms with Gasteiger partial charge in [-0.3, -0.25) is 0 Å². The number of hydrogen-bond acceptors (Lipinski definition) is 1. The van der Waals surface area contributed by atoms with E-state index >= 15 is 0 Å². The van der Waals surface area contributed by atoms with Gasteiger partial charge in [0.15, 0.2) is 0 Å². The first kappa shape index (κ1) is 12.8. The molecule has 0 saturated carbocycles. The molecule has 1 nitrogen and oxygen atoms in total. The van der Waals surface area contributed by atoms with E-state index in [4.69, 9.17) is 0 Å². The molecule has 0 aromatic rings. The summed E-state index contributed by atoms with van der Waals surface area (Å²) in [5.41, 5.74) is 5.34. The van der Waals surface area contributed by atoms with E-state index in [9.17, 15) is 0 Å². The van der Waals surface area contributed by atoms with Gasteiger partial charge in [0.1, 0.15) is 0 Å². The Labute approximate surface area is 99.6 Å². The van der Waals surface area contributed by atoms with Crippen LogP contribution in [0.4, 0.5) is 0 Å². The summed E-state index contributed by atoms with van der Waals surface area (Å²) < 4.78 is 0. The molecule has 0 fully saturated rings. The van der Waals surface area contributed by atoms with Crippen molar-refractivity contribution in [1.82, 2.24) is 5.32 Å². The zero-order valence-electron chi connectivity index (χ0n) is 11.1. The summed E-state index contributed by atoms with van der Waals surface area (Å²) in [7, 11) is 2.00. The Bertz CT molecular complexity index is 367. The van der Waals surface area contributed by atoms with Gasteiger partial charge >= 0.3 is 0 Å². The third kappa shape index (κ3) is 2.66. The Morgan fingerprint density at radius 2 is 2.06 bits per heavy atom. The molecule has 0 amide bonds. The van der Waals surface area contributed by atoms with Gasteiger partial charge in [-0.05, 0) is 37.3 Å². The first-order valence-electron chi connectivity index (χ1n) is 6.06. The maximum Gasteiger partial charge on any atom is 0.0440 e. The minimum Gasteiger partial charge on any atom is -0.387 e. The van der Waals surface area contributed by atoms with E-state index in [-0.39, 0.29) is 0 Å². The largest absolute Gasteiger partial charge is 0.387 e. The van der Waals surface area contributed by atoms with E-state index < -0.39 is 0 Å². The zero-order chi connectivity index (χ0) is 12.1. The van der Waals surface area contributed by atoms with E-state index in [1.54, 1.807) is 0 Å². The maximum atomic E-state index is 3.32. The molecule has 0 radical (unpaired) electrons. The number of rotatable bonds is 3. The summed E-state index contributed by atoms with van der Waals surface area (Å²) in [6.45, 7) is 8.80. The minimum atomic E-state index is 0.511. The molecule has 1 N–H and O–H groups in total. The first-order valence-corrected chi connectivity index (χ1v) is 6.06. The van der Waals surface area contributed by atoms with Crippen LogP contribution in [0.15, 0.2) is 46.7 Å². The highest BCUT2D eigenvalue weighted by Crippen LogP contribution is 2.27. The molecule has 1 rings (SSSR count). The molecule has 0 aromatic carbocycles. The lowest BCUT2D eigenvalue weighted by atomic mass is 9.96. The summed E-state index contributed by atoms with van der Waals surface area (Å²) in [6.07, 6.45) is 10.0. The number of nitrogens with one attached hydrogen (secondary N) is 1. The van der Waals surface area contributed by atoms with Crippen LogP contribution in [0, 0.1) is 5.92 Å². The van der Waals surface area contributed by atoms with Crippen LogP contribution in [-0.4, -0.2) is 7.05 Å². The van der Waals surface area contributed by atoms with Gasteiger partial charge in [-0.25, -0.2) is 0 Å². The van der Waals surface area contributed by atoms with Crippen molar-refractivity contribution in [3.8, 4) is 0 Å². The Kier molecular flexibility index (Phi) is 4.60. The SMILES string of the molecule is CC/C=C\C1=C(C)C(C)C=CC(C)=C1NC. The zero-order valence-corrected chi connectivity index (χ0v) is 11.1. The van der Waals surface area contributed by atoms with Crippen LogP contribution in [0.5, 0.6) is 0 Å². The van der Waals surface area contributed by atoms with Crippen LogP contribution in [0.2, 0.25) is 0 Å². The molecule has 0 heterocycles. The van der Waals surface area contributed by atoms with Crippen molar-refractivity contribution in [3.63, 3.8) is 0 Å². The van der Waals surface area contributed by atoms with Crippen molar-refractivity contribution in [1.29, 1.82) is 0 Å². The highest BCUT2D eigenvalue weighted by atomic mass is 14.8. The fourth-order valence-corrected chi connectivity index (χ4v) is 1.95. The van der Waals surface area contributed by atoms with Crippen molar-refractivity contribution in [2.45, 2.75) is 34.1 Å². The molecule has 16 heavy (non-hydrogen) atoms. The Hall–Kier alpha value is -1.24. The molecule has 1 heteroatoms. The lowest BCUT2D eigenvalue weighted by Crippen LogP contribution is -2.11. The molecular weight excluding hydrogens is 194 g/mol. The molecule has 1 atom stereocenters. The lowest BCUT2D eigenvalue weighted by molar-refractivity contribution is 0.849. The van der Waals surface area contributed by atoms with Crippen molar-refractivity contribution in [2.24, 2.45) is 5.92 Å². The molecule has 0 aliphatic heterocycles. The number of hydrogen-bond donors (Lipinski definition) is 1. The van der Waals surface area contributed by atoms with Gasteiger partial charge in [-0.15, -0.1) is 0 Å². The van der Waals surface area contributed by atoms with E-state index in [1.807, 2.05) is 7.05 Å². The molecule has 1 aliphatic rings. The van der Waals surface area contributed by atoms with Gasteiger partial charge in [0.2, 0.25) is 0 Å². The molecular formula is C15H23N. The summed E-state index contributed by atoms with van der Waals surface area (Å²) in [5.74, 6) is 0.511. The fraction of sp³-hybridized carbons (Fsp3) is 0.467. The summed E-state index contributed by atoms with van der Waals surface area (Å²) in [5, 5.41) is 3.32. The quantitative estimate of drug-likeness (QED) is 0.754. The van der Waals surface area contributed by atoms with Crippen molar-refractivity contribution < 1.29 is 0 Å². The van der Waals surface area contributed by atoms with E-state index in [0.717, 1.165) is 6.42 Å². The van der Waals surface area contributed by atoms with Gasteiger partial charge in [-0.2, -0.15) is 0 Å². The van der Waals surface area contributed by atoms with Crippen molar-refractivity contribution in [2.75, 3.05) is 7.05 Å². The molecule has 0 spiro atoms. The highest BCUT2D eigenvalue weighted by molar-refractivity contribution is 5.49. The maximum absolute atomic E-state index is 3.32. The fourth-order valence-electron chi connectivity index (χ4n) is 1.95. The van der Waals surface area contributed by atoms with Crippen LogP contribution in [-0.2, 0) is 0 Å². The normalized spacial score (nSPS) is 21.9. The van der Waals surface area contributed by atoms with Gasteiger partial charge in [0, 0.05) is 12.7 Å². The second-order valence-corrected chi connectivity index (χ2v) is 4.36. The number of allylic oxidation sites excluding steroid dienone is 6. The molecule has 1 unspecified atom stereocenters. The topological polar surface area (TPSA) is 12.0 Å². The van der Waals surface area contributed by atoms with Crippen LogP contribution < -0.4 is 5.32 Å². The van der Waals surface area contributed by atoms with Crippen molar-refractivity contribution >= 4 is 0 Å². The first-order chi connectivity index (χ1) is 7.61. The molecule has 88 valence electrons. The average Bonchev–Trinajstić information content (AvgIpc) is 2.38. The van der Waals surface area contributed by atoms with Crippen LogP contribution in [0.25, 0.3) is 0 Å². The van der Waals surface area contributed by atoms with Gasteiger partial charge in [0.05, 0.1) is 0 Å². The summed E-state index contributed by atoms with van der Waals surface area (Å²) in [6, 6.07) is 0. The molecule has 0 bridgehead atoms. The summed E-state index contributed by atoms with van der Waals surface area (Å²) in [4.78, 5) is 0. The third-order valence-electron chi connectivity index (χ3n) is 3.18. The molecule has 0 aromatic heterocycles. The van der Waals surface area contributed by atoms with Crippen molar-refractivity contribution in [3.05, 3.63) is 46.7 Å². The second-order valence-electron chi connectivity index (χ2n) is 4.36. The van der Waals surface area contributed by atoms with Crippen LogP contribution in [0.3, 0.4) is 0 Å². The monoisotopic (exact) mass is 217 g/mol. The Balaban J connectivity index is 3.27. The predicted octanol–water partition coefficient (Wildman–Crippen LogP) is 3.97. The molecule has 1 aliphatic carbocycles. The van der Waals surface area contributed by atoms with Crippen LogP contribution >= 0.6 is 0 Å². The van der Waals surface area contributed by atoms with E-state index in [2.05, 4.69) is 57.3 Å². The Morgan fingerprint density at radius 1 is 1.38 bits per heavy atom. The van der Waals surface area contributed by atoms with Gasteiger partial charge in [-0.1, -0.05) is 43.7 Å². The molecule has 0 saturated heterocycles. The second kappa shape index (κ2) is 5.74. The smallest absolute Gasteiger partial charge is 0.0440 e. The Morgan fingerprint density at radius 3 is 2.62 bits per heavy atom. The minimum absolute atomic E-state index is 0.511. The van der Waals surface area contributed by atoms with Gasteiger partial charge < -0.3 is 5.32 Å². The summed E-state index contributed by atoms with van der Waals surface area (Å²) >= 11 is 0. The number of likely N-dealkylation sites (N-methyl/N-ethyl adjacent to an activating group) is 1. The van der Waals surface area contributed by atoms with E-state index in [1.165, 1.54) is 22.4 Å². The predicted molar refractivity (Wildman–Crippen MR) is 72.2 cm³/mol. The standard InChI is InChI=1S/C15H23N/c1-6-7-8-14-13(4)11(2)9-10-12(3)15(14)16-5/h7-11,16H,6H2,1-5H3/b8-7-. The third-order valence-corrected chi connectivity index (χ3v) is 3.18. The highest BCUT2D eigenvalue weighted by Gasteiger charge is 2.13. The van der Waals surface area contributed by atoms with Crippen LogP contribution in [0.1, 0.15) is 34.1 Å².